The Balaban J connectivity index is 2.76. The van der Waals surface area contributed by atoms with Gasteiger partial charge in [-0.3, -0.25) is 4.79 Å². The van der Waals surface area contributed by atoms with Gasteiger partial charge in [-0.05, 0) is 6.07 Å². The van der Waals surface area contributed by atoms with Crippen molar-refractivity contribution in [3.63, 3.8) is 0 Å². The molecule has 0 spiro atoms. The smallest absolute Gasteiger partial charge is 0.354 e. The van der Waals surface area contributed by atoms with Crippen LogP contribution in [0.4, 0.5) is 0 Å². The van der Waals surface area contributed by atoms with Crippen molar-refractivity contribution in [1.29, 1.82) is 0 Å². The lowest BCUT2D eigenvalue weighted by Crippen LogP contribution is -2.25. The van der Waals surface area contributed by atoms with Gasteiger partial charge in [0.1, 0.15) is 10.6 Å². The standard InChI is InChI=1S/C9H12N2O6S/c1-17-9(14)7-4-6(5-10-7)18(15,16)11-3-2-8(12)13/h4-5,10-11H,2-3H2,1H3,(H,12,13). The number of carboxylic acids is 1. The molecule has 0 unspecified atom stereocenters. The Hall–Kier alpha value is -1.87. The van der Waals surface area contributed by atoms with Gasteiger partial charge in [-0.15, -0.1) is 0 Å². The van der Waals surface area contributed by atoms with Crippen molar-refractivity contribution in [3.8, 4) is 0 Å². The lowest BCUT2D eigenvalue weighted by Gasteiger charge is -2.02. The molecule has 0 aliphatic rings. The van der Waals surface area contributed by atoms with Crippen molar-refractivity contribution in [3.05, 3.63) is 18.0 Å². The zero-order valence-corrected chi connectivity index (χ0v) is 10.3. The van der Waals surface area contributed by atoms with Crippen LogP contribution in [0.1, 0.15) is 16.9 Å². The molecular weight excluding hydrogens is 264 g/mol. The summed E-state index contributed by atoms with van der Waals surface area (Å²) in [5.41, 5.74) is -0.00360. The van der Waals surface area contributed by atoms with E-state index in [1.54, 1.807) is 0 Å². The Kier molecular flexibility index (Phi) is 4.45. The summed E-state index contributed by atoms with van der Waals surface area (Å²) >= 11 is 0. The van der Waals surface area contributed by atoms with Gasteiger partial charge in [0.15, 0.2) is 0 Å². The monoisotopic (exact) mass is 276 g/mol. The molecule has 3 N–H and O–H groups in total. The van der Waals surface area contributed by atoms with E-state index in [9.17, 15) is 18.0 Å². The lowest BCUT2D eigenvalue weighted by molar-refractivity contribution is -0.136. The summed E-state index contributed by atoms with van der Waals surface area (Å²) in [7, 11) is -2.66. The van der Waals surface area contributed by atoms with Crippen molar-refractivity contribution >= 4 is 22.0 Å². The number of aromatic nitrogens is 1. The summed E-state index contributed by atoms with van der Waals surface area (Å²) < 4.78 is 29.8. The average Bonchev–Trinajstić information content (AvgIpc) is 2.77. The fourth-order valence-electron chi connectivity index (χ4n) is 1.13. The molecule has 8 nitrogen and oxygen atoms in total. The highest BCUT2D eigenvalue weighted by Gasteiger charge is 2.18. The van der Waals surface area contributed by atoms with E-state index < -0.39 is 22.0 Å². The molecule has 0 fully saturated rings. The van der Waals surface area contributed by atoms with Crippen molar-refractivity contribution in [2.75, 3.05) is 13.7 Å². The summed E-state index contributed by atoms with van der Waals surface area (Å²) in [5.74, 6) is -1.80. The first-order chi connectivity index (χ1) is 8.36. The number of carboxylic acid groups (broad SMARTS) is 1. The predicted molar refractivity (Wildman–Crippen MR) is 59.6 cm³/mol. The molecule has 0 radical (unpaired) electrons. The normalized spacial score (nSPS) is 11.2. The van der Waals surface area contributed by atoms with E-state index in [1.165, 1.54) is 7.11 Å². The van der Waals surface area contributed by atoms with Crippen LogP contribution in [0.5, 0.6) is 0 Å². The molecule has 0 aromatic carbocycles. The molecule has 1 aromatic heterocycles. The van der Waals surface area contributed by atoms with E-state index in [4.69, 9.17) is 5.11 Å². The summed E-state index contributed by atoms with van der Waals surface area (Å²) in [5, 5.41) is 8.39. The molecule has 0 aliphatic carbocycles. The highest BCUT2D eigenvalue weighted by molar-refractivity contribution is 7.89. The number of esters is 1. The maximum atomic E-state index is 11.7. The van der Waals surface area contributed by atoms with E-state index in [0.29, 0.717) is 0 Å². The molecule has 9 heteroatoms. The molecule has 1 heterocycles. The third kappa shape index (κ3) is 3.57. The van der Waals surface area contributed by atoms with Crippen molar-refractivity contribution in [1.82, 2.24) is 9.71 Å². The van der Waals surface area contributed by atoms with E-state index in [-0.39, 0.29) is 23.6 Å². The average molecular weight is 276 g/mol. The van der Waals surface area contributed by atoms with Gasteiger partial charge >= 0.3 is 11.9 Å². The van der Waals surface area contributed by atoms with E-state index in [1.807, 2.05) is 0 Å². The molecule has 0 saturated carbocycles. The minimum Gasteiger partial charge on any atom is -0.481 e. The van der Waals surface area contributed by atoms with Crippen LogP contribution in [-0.4, -0.2) is 44.1 Å². The number of aliphatic carboxylic acids is 1. The molecule has 0 aliphatic heterocycles. The quantitative estimate of drug-likeness (QED) is 0.604. The molecular formula is C9H12N2O6S. The van der Waals surface area contributed by atoms with Crippen LogP contribution in [0.15, 0.2) is 17.2 Å². The van der Waals surface area contributed by atoms with E-state index in [2.05, 4.69) is 14.4 Å². The zero-order valence-electron chi connectivity index (χ0n) is 9.47. The second-order valence-electron chi connectivity index (χ2n) is 3.28. The number of hydrogen-bond acceptors (Lipinski definition) is 5. The van der Waals surface area contributed by atoms with Crippen LogP contribution in [0.25, 0.3) is 0 Å². The number of aromatic amines is 1. The predicted octanol–water partition coefficient (Wildman–Crippen LogP) is -0.446. The van der Waals surface area contributed by atoms with Gasteiger partial charge in [-0.2, -0.15) is 0 Å². The summed E-state index contributed by atoms with van der Waals surface area (Å²) in [6, 6.07) is 1.11. The fourth-order valence-corrected chi connectivity index (χ4v) is 2.16. The Labute approximate surface area is 103 Å². The number of methoxy groups -OCH3 is 1. The van der Waals surface area contributed by atoms with Crippen molar-refractivity contribution < 1.29 is 27.9 Å². The summed E-state index contributed by atoms with van der Waals surface area (Å²) in [4.78, 5) is 23.7. The van der Waals surface area contributed by atoms with Crippen LogP contribution in [0, 0.1) is 0 Å². The number of carbonyl (C=O) groups excluding carboxylic acids is 1. The largest absolute Gasteiger partial charge is 0.481 e. The number of ether oxygens (including phenoxy) is 1. The maximum absolute atomic E-state index is 11.7. The molecule has 100 valence electrons. The van der Waals surface area contributed by atoms with Crippen molar-refractivity contribution in [2.24, 2.45) is 0 Å². The second-order valence-corrected chi connectivity index (χ2v) is 5.05. The van der Waals surface area contributed by atoms with Gasteiger partial charge in [-0.25, -0.2) is 17.9 Å². The van der Waals surface area contributed by atoms with Crippen LogP contribution in [-0.2, 0) is 19.6 Å². The van der Waals surface area contributed by atoms with Gasteiger partial charge in [0, 0.05) is 12.7 Å². The van der Waals surface area contributed by atoms with Crippen molar-refractivity contribution in [2.45, 2.75) is 11.3 Å². The van der Waals surface area contributed by atoms with Crippen LogP contribution < -0.4 is 4.72 Å². The molecule has 0 saturated heterocycles. The second kappa shape index (κ2) is 5.65. The van der Waals surface area contributed by atoms with E-state index in [0.717, 1.165) is 12.3 Å². The molecule has 0 bridgehead atoms. The molecule has 18 heavy (non-hydrogen) atoms. The Morgan fingerprint density at radius 1 is 1.50 bits per heavy atom. The van der Waals surface area contributed by atoms with Gasteiger partial charge in [0.25, 0.3) is 0 Å². The molecule has 1 aromatic rings. The molecule has 0 amide bonds. The highest BCUT2D eigenvalue weighted by atomic mass is 32.2. The topological polar surface area (TPSA) is 126 Å². The van der Waals surface area contributed by atoms with Crippen LogP contribution >= 0.6 is 0 Å². The third-order valence-corrected chi connectivity index (χ3v) is 3.44. The summed E-state index contributed by atoms with van der Waals surface area (Å²) in [6.45, 7) is -0.226. The highest BCUT2D eigenvalue weighted by Crippen LogP contribution is 2.11. The third-order valence-electron chi connectivity index (χ3n) is 2.00. The SMILES string of the molecule is COC(=O)c1cc(S(=O)(=O)NCCC(=O)O)c[nH]1. The van der Waals surface area contributed by atoms with Crippen LogP contribution in [0.3, 0.4) is 0 Å². The Morgan fingerprint density at radius 3 is 2.72 bits per heavy atom. The number of rotatable bonds is 6. The number of sulfonamides is 1. The first kappa shape index (κ1) is 14.2. The minimum absolute atomic E-state index is 0.00360. The van der Waals surface area contributed by atoms with Gasteiger partial charge in [-0.1, -0.05) is 0 Å². The van der Waals surface area contributed by atoms with Gasteiger partial charge in [0.05, 0.1) is 13.5 Å². The minimum atomic E-state index is -3.83. The first-order valence-electron chi connectivity index (χ1n) is 4.85. The summed E-state index contributed by atoms with van der Waals surface area (Å²) in [6.07, 6.45) is 0.795. The zero-order chi connectivity index (χ0) is 13.8. The van der Waals surface area contributed by atoms with Crippen LogP contribution in [0.2, 0.25) is 0 Å². The number of nitrogens with one attached hydrogen (secondary N) is 2. The van der Waals surface area contributed by atoms with Gasteiger partial charge in [0.2, 0.25) is 10.0 Å². The molecule has 1 rings (SSSR count). The maximum Gasteiger partial charge on any atom is 0.354 e. The lowest BCUT2D eigenvalue weighted by atomic mass is 10.4. The number of hydrogen-bond donors (Lipinski definition) is 3. The molecule has 0 atom stereocenters. The first-order valence-corrected chi connectivity index (χ1v) is 6.33. The fraction of sp³-hybridized carbons (Fsp3) is 0.333. The number of H-pyrrole nitrogens is 1. The number of carbonyl (C=O) groups is 2. The van der Waals surface area contributed by atoms with E-state index >= 15 is 0 Å². The van der Waals surface area contributed by atoms with Gasteiger partial charge < -0.3 is 14.8 Å². The Morgan fingerprint density at radius 2 is 2.17 bits per heavy atom. The Bertz CT molecular complexity index is 547.